The van der Waals surface area contributed by atoms with E-state index in [4.69, 9.17) is 0 Å². The standard InChI is InChI=1S/C14H21NO2/c1-10-6-7-12(11(2)8-10)13(16)15(5)9-14(3,4)17/h6-8,17H,9H2,1-5H3. The van der Waals surface area contributed by atoms with E-state index in [9.17, 15) is 9.90 Å². The monoisotopic (exact) mass is 235 g/mol. The Morgan fingerprint density at radius 2 is 1.94 bits per heavy atom. The minimum atomic E-state index is -0.872. The van der Waals surface area contributed by atoms with Crippen LogP contribution in [-0.2, 0) is 0 Å². The van der Waals surface area contributed by atoms with Crippen molar-refractivity contribution in [1.82, 2.24) is 4.90 Å². The highest BCUT2D eigenvalue weighted by Crippen LogP contribution is 2.14. The van der Waals surface area contributed by atoms with Gasteiger partial charge in [-0.2, -0.15) is 0 Å². The maximum atomic E-state index is 12.2. The fraction of sp³-hybridized carbons (Fsp3) is 0.500. The van der Waals surface area contributed by atoms with Gasteiger partial charge in [0.2, 0.25) is 0 Å². The molecule has 1 N–H and O–H groups in total. The number of amides is 1. The van der Waals surface area contributed by atoms with Crippen molar-refractivity contribution in [3.8, 4) is 0 Å². The lowest BCUT2D eigenvalue weighted by Crippen LogP contribution is -2.39. The number of carbonyl (C=O) groups excluding carboxylic acids is 1. The molecule has 0 unspecified atom stereocenters. The highest BCUT2D eigenvalue weighted by molar-refractivity contribution is 5.95. The van der Waals surface area contributed by atoms with Crippen molar-refractivity contribution in [3.05, 3.63) is 34.9 Å². The summed E-state index contributed by atoms with van der Waals surface area (Å²) in [6, 6.07) is 5.76. The van der Waals surface area contributed by atoms with Crippen LogP contribution in [0, 0.1) is 13.8 Å². The van der Waals surface area contributed by atoms with Gasteiger partial charge in [-0.25, -0.2) is 0 Å². The van der Waals surface area contributed by atoms with E-state index >= 15 is 0 Å². The molecule has 1 rings (SSSR count). The van der Waals surface area contributed by atoms with E-state index in [-0.39, 0.29) is 5.91 Å². The van der Waals surface area contributed by atoms with Crippen LogP contribution in [0.4, 0.5) is 0 Å². The summed E-state index contributed by atoms with van der Waals surface area (Å²) in [7, 11) is 1.71. The summed E-state index contributed by atoms with van der Waals surface area (Å²) in [5.74, 6) is -0.0513. The fourth-order valence-corrected chi connectivity index (χ4v) is 1.91. The zero-order valence-corrected chi connectivity index (χ0v) is 11.2. The van der Waals surface area contributed by atoms with Crippen LogP contribution < -0.4 is 0 Å². The number of rotatable bonds is 3. The topological polar surface area (TPSA) is 40.5 Å². The average Bonchev–Trinajstić information content (AvgIpc) is 2.14. The maximum Gasteiger partial charge on any atom is 0.253 e. The van der Waals surface area contributed by atoms with Crippen molar-refractivity contribution in [1.29, 1.82) is 0 Å². The van der Waals surface area contributed by atoms with Crippen LogP contribution in [-0.4, -0.2) is 35.1 Å². The van der Waals surface area contributed by atoms with Crippen LogP contribution in [0.5, 0.6) is 0 Å². The molecule has 0 aromatic heterocycles. The Morgan fingerprint density at radius 3 is 2.41 bits per heavy atom. The molecule has 0 radical (unpaired) electrons. The van der Waals surface area contributed by atoms with Gasteiger partial charge in [0, 0.05) is 19.2 Å². The molecule has 94 valence electrons. The van der Waals surface area contributed by atoms with E-state index in [1.807, 2.05) is 32.0 Å². The lowest BCUT2D eigenvalue weighted by molar-refractivity contribution is 0.0367. The number of carbonyl (C=O) groups is 1. The second-order valence-corrected chi connectivity index (χ2v) is 5.29. The largest absolute Gasteiger partial charge is 0.389 e. The highest BCUT2D eigenvalue weighted by Gasteiger charge is 2.21. The SMILES string of the molecule is Cc1ccc(C(=O)N(C)CC(C)(C)O)c(C)c1. The predicted octanol–water partition coefficient (Wildman–Crippen LogP) is 2.15. The highest BCUT2D eigenvalue weighted by atomic mass is 16.3. The van der Waals surface area contributed by atoms with Crippen LogP contribution in [0.1, 0.15) is 35.3 Å². The third kappa shape index (κ3) is 3.86. The first-order valence-corrected chi connectivity index (χ1v) is 5.76. The summed E-state index contributed by atoms with van der Waals surface area (Å²) in [5.41, 5.74) is 1.94. The van der Waals surface area contributed by atoms with Crippen molar-refractivity contribution in [2.24, 2.45) is 0 Å². The van der Waals surface area contributed by atoms with E-state index in [0.717, 1.165) is 11.1 Å². The predicted molar refractivity (Wildman–Crippen MR) is 69.2 cm³/mol. The zero-order valence-electron chi connectivity index (χ0n) is 11.2. The van der Waals surface area contributed by atoms with Crippen LogP contribution in [0.3, 0.4) is 0 Å². The van der Waals surface area contributed by atoms with Gasteiger partial charge in [-0.15, -0.1) is 0 Å². The third-order valence-corrected chi connectivity index (χ3v) is 2.58. The van der Waals surface area contributed by atoms with Crippen LogP contribution in [0.25, 0.3) is 0 Å². The van der Waals surface area contributed by atoms with Gasteiger partial charge in [-0.3, -0.25) is 4.79 Å². The van der Waals surface area contributed by atoms with Crippen LogP contribution >= 0.6 is 0 Å². The van der Waals surface area contributed by atoms with Crippen molar-refractivity contribution >= 4 is 5.91 Å². The third-order valence-electron chi connectivity index (χ3n) is 2.58. The summed E-state index contributed by atoms with van der Waals surface area (Å²) in [5, 5.41) is 9.70. The minimum absolute atomic E-state index is 0.0513. The molecule has 3 heteroatoms. The van der Waals surface area contributed by atoms with E-state index in [1.165, 1.54) is 0 Å². The number of nitrogens with zero attached hydrogens (tertiary/aromatic N) is 1. The molecule has 1 aromatic rings. The summed E-state index contributed by atoms with van der Waals surface area (Å²) in [6.45, 7) is 7.64. The summed E-state index contributed by atoms with van der Waals surface area (Å²) >= 11 is 0. The molecule has 0 bridgehead atoms. The number of benzene rings is 1. The molecule has 0 atom stereocenters. The number of hydrogen-bond acceptors (Lipinski definition) is 2. The Labute approximate surface area is 103 Å². The molecule has 0 spiro atoms. The lowest BCUT2D eigenvalue weighted by Gasteiger charge is -2.26. The van der Waals surface area contributed by atoms with Crippen molar-refractivity contribution < 1.29 is 9.90 Å². The average molecular weight is 235 g/mol. The first-order valence-electron chi connectivity index (χ1n) is 5.76. The first-order chi connectivity index (χ1) is 7.70. The molecule has 0 heterocycles. The Kier molecular flexibility index (Phi) is 3.94. The molecule has 0 aliphatic carbocycles. The Hall–Kier alpha value is -1.35. The quantitative estimate of drug-likeness (QED) is 0.872. The molecular formula is C14H21NO2. The van der Waals surface area contributed by atoms with E-state index < -0.39 is 5.60 Å². The van der Waals surface area contributed by atoms with E-state index in [2.05, 4.69) is 0 Å². The van der Waals surface area contributed by atoms with Gasteiger partial charge in [0.25, 0.3) is 5.91 Å². The first kappa shape index (κ1) is 13.7. The normalized spacial score (nSPS) is 11.4. The molecule has 0 fully saturated rings. The summed E-state index contributed by atoms with van der Waals surface area (Å²) in [6.07, 6.45) is 0. The van der Waals surface area contributed by atoms with E-state index in [1.54, 1.807) is 25.8 Å². The van der Waals surface area contributed by atoms with Gasteiger partial charge in [0.05, 0.1) is 5.60 Å². The number of hydrogen-bond donors (Lipinski definition) is 1. The van der Waals surface area contributed by atoms with Crippen molar-refractivity contribution in [2.75, 3.05) is 13.6 Å². The van der Waals surface area contributed by atoms with Crippen LogP contribution in [0.15, 0.2) is 18.2 Å². The molecule has 0 aliphatic heterocycles. The maximum absolute atomic E-state index is 12.2. The Morgan fingerprint density at radius 1 is 1.35 bits per heavy atom. The van der Waals surface area contributed by atoms with Crippen molar-refractivity contribution in [2.45, 2.75) is 33.3 Å². The molecule has 0 saturated heterocycles. The minimum Gasteiger partial charge on any atom is -0.389 e. The summed E-state index contributed by atoms with van der Waals surface area (Å²) < 4.78 is 0. The van der Waals surface area contributed by atoms with Gasteiger partial charge in [-0.05, 0) is 39.3 Å². The number of aliphatic hydroxyl groups is 1. The Bertz CT molecular complexity index is 419. The van der Waals surface area contributed by atoms with Gasteiger partial charge in [0.1, 0.15) is 0 Å². The number of likely N-dealkylation sites (N-methyl/N-ethyl adjacent to an activating group) is 1. The molecule has 3 nitrogen and oxygen atoms in total. The molecule has 1 amide bonds. The molecule has 0 saturated carbocycles. The molecule has 0 aliphatic rings. The summed E-state index contributed by atoms with van der Waals surface area (Å²) in [4.78, 5) is 13.7. The molecule has 1 aromatic carbocycles. The second-order valence-electron chi connectivity index (χ2n) is 5.29. The van der Waals surface area contributed by atoms with Gasteiger partial charge >= 0.3 is 0 Å². The second kappa shape index (κ2) is 4.88. The van der Waals surface area contributed by atoms with Gasteiger partial charge in [0.15, 0.2) is 0 Å². The van der Waals surface area contributed by atoms with E-state index in [0.29, 0.717) is 12.1 Å². The zero-order chi connectivity index (χ0) is 13.2. The smallest absolute Gasteiger partial charge is 0.253 e. The Balaban J connectivity index is 2.89. The van der Waals surface area contributed by atoms with Crippen LogP contribution in [0.2, 0.25) is 0 Å². The lowest BCUT2D eigenvalue weighted by atomic mass is 10.0. The van der Waals surface area contributed by atoms with Crippen molar-refractivity contribution in [3.63, 3.8) is 0 Å². The molecule has 17 heavy (non-hydrogen) atoms. The fourth-order valence-electron chi connectivity index (χ4n) is 1.91. The van der Waals surface area contributed by atoms with Gasteiger partial charge < -0.3 is 10.0 Å². The number of aryl methyl sites for hydroxylation is 2. The molecular weight excluding hydrogens is 214 g/mol. The van der Waals surface area contributed by atoms with Gasteiger partial charge in [-0.1, -0.05) is 17.7 Å².